The Bertz CT molecular complexity index is 1460. The largest absolute Gasteiger partial charge is 0.355 e. The van der Waals surface area contributed by atoms with E-state index < -0.39 is 0 Å². The van der Waals surface area contributed by atoms with Crippen molar-refractivity contribution in [1.29, 1.82) is 0 Å². The first kappa shape index (κ1) is 22.6. The average molecular weight is 479 g/mol. The molecule has 6 heteroatoms. The van der Waals surface area contributed by atoms with Gasteiger partial charge < -0.3 is 15.6 Å². The number of piperidine rings is 1. The number of amides is 2. The van der Waals surface area contributed by atoms with Crippen molar-refractivity contribution >= 4 is 28.4 Å². The van der Waals surface area contributed by atoms with Gasteiger partial charge in [-0.2, -0.15) is 0 Å². The zero-order valence-electron chi connectivity index (χ0n) is 20.5. The van der Waals surface area contributed by atoms with Gasteiger partial charge >= 0.3 is 0 Å². The Balaban J connectivity index is 1.34. The minimum atomic E-state index is -0.0975. The number of carbonyl (C=O) groups is 2. The number of likely N-dealkylation sites (tertiary alicyclic amines) is 1. The van der Waals surface area contributed by atoms with Gasteiger partial charge in [-0.1, -0.05) is 36.8 Å². The molecule has 3 heterocycles. The number of benzene rings is 3. The van der Waals surface area contributed by atoms with Crippen molar-refractivity contribution in [2.45, 2.75) is 39.3 Å². The van der Waals surface area contributed by atoms with Crippen LogP contribution in [0.2, 0.25) is 0 Å². The summed E-state index contributed by atoms with van der Waals surface area (Å²) in [6.45, 7) is 5.35. The minimum absolute atomic E-state index is 0.0406. The minimum Gasteiger partial charge on any atom is -0.355 e. The summed E-state index contributed by atoms with van der Waals surface area (Å²) >= 11 is 0. The number of fused-ring (bicyclic) bond motifs is 2. The second-order valence-corrected chi connectivity index (χ2v) is 9.90. The third-order valence-electron chi connectivity index (χ3n) is 7.31. The van der Waals surface area contributed by atoms with E-state index in [0.29, 0.717) is 6.54 Å². The molecule has 1 saturated heterocycles. The van der Waals surface area contributed by atoms with Crippen LogP contribution in [0.25, 0.3) is 33.3 Å². The number of carbonyl (C=O) groups excluding carboxylic acids is 2. The van der Waals surface area contributed by atoms with E-state index in [4.69, 9.17) is 0 Å². The molecule has 3 N–H and O–H groups in total. The van der Waals surface area contributed by atoms with Gasteiger partial charge in [0.15, 0.2) is 0 Å². The summed E-state index contributed by atoms with van der Waals surface area (Å²) in [5.74, 6) is -0.138. The molecule has 1 aromatic heterocycles. The topological polar surface area (TPSA) is 77.2 Å². The molecule has 2 amide bonds. The highest BCUT2D eigenvalue weighted by Crippen LogP contribution is 2.37. The van der Waals surface area contributed by atoms with Crippen LogP contribution in [0.1, 0.15) is 47.7 Å². The van der Waals surface area contributed by atoms with Crippen LogP contribution in [-0.2, 0) is 17.9 Å². The van der Waals surface area contributed by atoms with Crippen LogP contribution in [0.3, 0.4) is 0 Å². The molecular weight excluding hydrogens is 448 g/mol. The van der Waals surface area contributed by atoms with Crippen molar-refractivity contribution in [3.05, 3.63) is 77.4 Å². The smallest absolute Gasteiger partial charge is 0.252 e. The first-order valence-corrected chi connectivity index (χ1v) is 12.7. The van der Waals surface area contributed by atoms with Crippen LogP contribution in [0.5, 0.6) is 0 Å². The fourth-order valence-electron chi connectivity index (χ4n) is 5.58. The summed E-state index contributed by atoms with van der Waals surface area (Å²) in [5, 5.41) is 6.99. The zero-order chi connectivity index (χ0) is 24.6. The first-order chi connectivity index (χ1) is 17.5. The molecule has 0 unspecified atom stereocenters. The predicted molar refractivity (Wildman–Crippen MR) is 144 cm³/mol. The molecule has 0 radical (unpaired) electrons. The molecule has 2 aliphatic rings. The lowest BCUT2D eigenvalue weighted by atomic mass is 9.92. The van der Waals surface area contributed by atoms with Crippen molar-refractivity contribution in [2.75, 3.05) is 18.4 Å². The van der Waals surface area contributed by atoms with Crippen LogP contribution < -0.4 is 10.6 Å². The van der Waals surface area contributed by atoms with E-state index >= 15 is 0 Å². The second kappa shape index (κ2) is 9.28. The van der Waals surface area contributed by atoms with Crippen molar-refractivity contribution in [1.82, 2.24) is 15.2 Å². The lowest BCUT2D eigenvalue weighted by Crippen LogP contribution is -2.28. The highest BCUT2D eigenvalue weighted by molar-refractivity contribution is 6.07. The number of H-pyrrole nitrogens is 1. The fraction of sp³-hybridized carbons (Fsp3) is 0.267. The molecule has 0 bridgehead atoms. The first-order valence-electron chi connectivity index (χ1n) is 12.7. The quantitative estimate of drug-likeness (QED) is 0.345. The van der Waals surface area contributed by atoms with Gasteiger partial charge in [-0.15, -0.1) is 0 Å². The molecule has 36 heavy (non-hydrogen) atoms. The molecule has 2 aliphatic heterocycles. The van der Waals surface area contributed by atoms with Crippen molar-refractivity contribution < 1.29 is 9.59 Å². The van der Waals surface area contributed by atoms with Crippen LogP contribution >= 0.6 is 0 Å². The lowest BCUT2D eigenvalue weighted by Gasteiger charge is -2.26. The number of nitrogens with one attached hydrogen (secondary N) is 3. The molecule has 6 rings (SSSR count). The molecule has 182 valence electrons. The Kier molecular flexibility index (Phi) is 5.82. The standard InChI is InChI=1S/C30H30N4O2/c1-19(35)32-23-8-6-21(7-9-23)24-10-11-25(29-26(24)17-31-30(29)36)28-16-22-15-20(5-12-27(22)33-28)18-34-13-3-2-4-14-34/h5-12,15-16,33H,2-4,13-14,17-18H2,1H3,(H,31,36)(H,32,35). The molecule has 0 spiro atoms. The highest BCUT2D eigenvalue weighted by Gasteiger charge is 2.27. The van der Waals surface area contributed by atoms with Crippen LogP contribution in [0.4, 0.5) is 5.69 Å². The van der Waals surface area contributed by atoms with Gasteiger partial charge in [0.1, 0.15) is 0 Å². The normalized spacial score (nSPS) is 15.6. The molecule has 3 aromatic carbocycles. The molecule has 0 aliphatic carbocycles. The SMILES string of the molecule is CC(=O)Nc1ccc(-c2ccc(-c3cc4cc(CN5CCCCC5)ccc4[nH]3)c3c2CNC3=O)cc1. The Hall–Kier alpha value is -3.90. The Morgan fingerprint density at radius 1 is 0.944 bits per heavy atom. The van der Waals surface area contributed by atoms with Crippen molar-refractivity contribution in [2.24, 2.45) is 0 Å². The summed E-state index contributed by atoms with van der Waals surface area (Å²) < 4.78 is 0. The molecule has 0 saturated carbocycles. The molecule has 1 fully saturated rings. The van der Waals surface area contributed by atoms with Crippen LogP contribution in [0, 0.1) is 0 Å². The van der Waals surface area contributed by atoms with Crippen LogP contribution in [0.15, 0.2) is 60.7 Å². The van der Waals surface area contributed by atoms with Crippen molar-refractivity contribution in [3.8, 4) is 22.4 Å². The van der Waals surface area contributed by atoms with E-state index in [1.807, 2.05) is 30.3 Å². The monoisotopic (exact) mass is 478 g/mol. The summed E-state index contributed by atoms with van der Waals surface area (Å²) in [6, 6.07) is 20.7. The maximum absolute atomic E-state index is 12.9. The zero-order valence-corrected chi connectivity index (χ0v) is 20.5. The maximum Gasteiger partial charge on any atom is 0.252 e. The summed E-state index contributed by atoms with van der Waals surface area (Å²) in [5.41, 5.74) is 8.84. The number of aromatic amines is 1. The number of hydrogen-bond acceptors (Lipinski definition) is 3. The number of hydrogen-bond donors (Lipinski definition) is 3. The van der Waals surface area contributed by atoms with Crippen LogP contribution in [-0.4, -0.2) is 34.8 Å². The van der Waals surface area contributed by atoms with Gasteiger partial charge in [0.25, 0.3) is 5.91 Å². The second-order valence-electron chi connectivity index (χ2n) is 9.90. The summed E-state index contributed by atoms with van der Waals surface area (Å²) in [4.78, 5) is 30.4. The predicted octanol–water partition coefficient (Wildman–Crippen LogP) is 5.69. The third-order valence-corrected chi connectivity index (χ3v) is 7.31. The number of nitrogens with zero attached hydrogens (tertiary/aromatic N) is 1. The van der Waals surface area contributed by atoms with Gasteiger partial charge in [-0.25, -0.2) is 0 Å². The van der Waals surface area contributed by atoms with E-state index in [2.05, 4.69) is 50.8 Å². The van der Waals surface area contributed by atoms with E-state index in [1.54, 1.807) is 0 Å². The molecule has 6 nitrogen and oxygen atoms in total. The number of anilines is 1. The van der Waals surface area contributed by atoms with Gasteiger partial charge in [-0.05, 0) is 78.5 Å². The molecule has 0 atom stereocenters. The van der Waals surface area contributed by atoms with Gasteiger partial charge in [0.2, 0.25) is 5.91 Å². The van der Waals surface area contributed by atoms with E-state index in [1.165, 1.54) is 50.2 Å². The summed E-state index contributed by atoms with van der Waals surface area (Å²) in [7, 11) is 0. The third kappa shape index (κ3) is 4.29. The van der Waals surface area contributed by atoms with Gasteiger partial charge in [0, 0.05) is 47.9 Å². The molecular formula is C30H30N4O2. The highest BCUT2D eigenvalue weighted by atomic mass is 16.2. The van der Waals surface area contributed by atoms with Crippen molar-refractivity contribution in [3.63, 3.8) is 0 Å². The Morgan fingerprint density at radius 3 is 2.50 bits per heavy atom. The maximum atomic E-state index is 12.9. The lowest BCUT2D eigenvalue weighted by molar-refractivity contribution is -0.114. The Labute approximate surface area is 210 Å². The number of rotatable bonds is 5. The van der Waals surface area contributed by atoms with Gasteiger partial charge in [-0.3, -0.25) is 14.5 Å². The van der Waals surface area contributed by atoms with E-state index in [9.17, 15) is 9.59 Å². The van der Waals surface area contributed by atoms with Gasteiger partial charge in [0.05, 0.1) is 5.56 Å². The average Bonchev–Trinajstić information content (AvgIpc) is 3.48. The van der Waals surface area contributed by atoms with E-state index in [-0.39, 0.29) is 11.8 Å². The molecule has 4 aromatic rings. The number of aromatic nitrogens is 1. The fourth-order valence-corrected chi connectivity index (χ4v) is 5.58. The van der Waals surface area contributed by atoms with E-state index in [0.717, 1.165) is 51.3 Å². The summed E-state index contributed by atoms with van der Waals surface area (Å²) in [6.07, 6.45) is 3.92. The Morgan fingerprint density at radius 2 is 1.72 bits per heavy atom.